The van der Waals surface area contributed by atoms with Crippen LogP contribution >= 0.6 is 11.3 Å². The number of carbonyl (C=O) groups excluding carboxylic acids is 2. The van der Waals surface area contributed by atoms with Gasteiger partial charge in [0.05, 0.1) is 13.2 Å². The molecule has 1 heterocycles. The van der Waals surface area contributed by atoms with E-state index in [0.29, 0.717) is 24.5 Å². The largest absolute Gasteiger partial charge is 0.464 e. The minimum Gasteiger partial charge on any atom is -0.464 e. The number of methoxy groups -OCH3 is 1. The van der Waals surface area contributed by atoms with Gasteiger partial charge in [-0.15, -0.1) is 11.3 Å². The Morgan fingerprint density at radius 1 is 1.12 bits per heavy atom. The highest BCUT2D eigenvalue weighted by Gasteiger charge is 2.39. The van der Waals surface area contributed by atoms with Gasteiger partial charge in [-0.05, 0) is 48.3 Å². The molecule has 1 aromatic heterocycles. The molecule has 0 saturated heterocycles. The van der Waals surface area contributed by atoms with Gasteiger partial charge in [0.25, 0.3) is 0 Å². The zero-order valence-electron chi connectivity index (χ0n) is 26.7. The van der Waals surface area contributed by atoms with Crippen LogP contribution in [-0.2, 0) is 18.7 Å². The number of thiazole rings is 1. The van der Waals surface area contributed by atoms with Crippen molar-refractivity contribution in [2.24, 2.45) is 17.0 Å². The Morgan fingerprint density at radius 2 is 1.78 bits per heavy atom. The number of unbranched alkanes of at least 4 members (excludes halogenated alkanes) is 2. The third kappa shape index (κ3) is 11.0. The van der Waals surface area contributed by atoms with Gasteiger partial charge in [0.15, 0.2) is 14.0 Å². The molecule has 10 nitrogen and oxygen atoms in total. The first kappa shape index (κ1) is 37.0. The smallest absolute Gasteiger partial charge is 0.357 e. The molecule has 0 spiro atoms. The molecular weight excluding hydrogens is 559 g/mol. The molecule has 1 rings (SSSR count). The summed E-state index contributed by atoms with van der Waals surface area (Å²) in [5.41, 5.74) is 9.56. The molecule has 41 heavy (non-hydrogen) atoms. The van der Waals surface area contributed by atoms with Crippen LogP contribution in [0, 0.1) is 11.8 Å². The Balaban J connectivity index is 3.57. The number of esters is 1. The zero-order chi connectivity index (χ0) is 31.0. The van der Waals surface area contributed by atoms with Crippen LogP contribution in [-0.4, -0.2) is 62.6 Å². The molecule has 0 fully saturated rings. The quantitative estimate of drug-likeness (QED) is 0.0263. The number of carbonyl (C=O) groups is 2. The number of nitrogens with zero attached hydrogens (tertiary/aromatic N) is 5. The van der Waals surface area contributed by atoms with Crippen LogP contribution in [0.5, 0.6) is 0 Å². The molecule has 0 aromatic carbocycles. The van der Waals surface area contributed by atoms with Crippen molar-refractivity contribution in [2.45, 2.75) is 124 Å². The van der Waals surface area contributed by atoms with E-state index in [2.05, 4.69) is 56.6 Å². The third-order valence-corrected chi connectivity index (χ3v) is 13.7. The average molecular weight is 612 g/mol. The maximum atomic E-state index is 14.1. The van der Waals surface area contributed by atoms with Crippen molar-refractivity contribution in [3.8, 4) is 0 Å². The summed E-state index contributed by atoms with van der Waals surface area (Å²) in [7, 11) is -0.760. The fourth-order valence-corrected chi connectivity index (χ4v) is 8.63. The summed E-state index contributed by atoms with van der Waals surface area (Å²) in [6.07, 6.45) is 3.81. The highest BCUT2D eigenvalue weighted by atomic mass is 32.1. The van der Waals surface area contributed by atoms with Gasteiger partial charge in [-0.25, -0.2) is 9.78 Å². The standard InChI is InChI=1S/C29H53N5O5SSi/c1-10-15-16-17-38-20-34(28(35)26(32-33-30)22(8)11-2)24(21(6)7)18-25(39-41(12-3,13-4)14-5)27-31-23(19-40-27)29(36)37-9/h19,21-22,24-26H,10-18,20H2,1-9H3/t22?,24-,25+,26+/m1/s1. The van der Waals surface area contributed by atoms with Gasteiger partial charge in [0.2, 0.25) is 5.91 Å². The number of rotatable bonds is 21. The van der Waals surface area contributed by atoms with Gasteiger partial charge in [-0.1, -0.05) is 79.8 Å². The van der Waals surface area contributed by atoms with Crippen molar-refractivity contribution in [1.82, 2.24) is 9.88 Å². The first-order valence-corrected chi connectivity index (χ1v) is 18.6. The van der Waals surface area contributed by atoms with E-state index in [1.54, 1.807) is 10.3 Å². The first-order chi connectivity index (χ1) is 19.6. The zero-order valence-corrected chi connectivity index (χ0v) is 28.5. The van der Waals surface area contributed by atoms with E-state index in [0.717, 1.165) is 37.4 Å². The average Bonchev–Trinajstić information content (AvgIpc) is 3.48. The van der Waals surface area contributed by atoms with Crippen molar-refractivity contribution in [2.75, 3.05) is 20.4 Å². The Morgan fingerprint density at radius 3 is 2.29 bits per heavy atom. The molecule has 1 aromatic rings. The molecule has 0 aliphatic rings. The predicted octanol–water partition coefficient (Wildman–Crippen LogP) is 8.13. The van der Waals surface area contributed by atoms with Gasteiger partial charge >= 0.3 is 5.97 Å². The van der Waals surface area contributed by atoms with Gasteiger partial charge in [-0.2, -0.15) is 0 Å². The van der Waals surface area contributed by atoms with Crippen molar-refractivity contribution in [1.29, 1.82) is 0 Å². The molecular formula is C29H53N5O5SSi. The highest BCUT2D eigenvalue weighted by molar-refractivity contribution is 7.09. The molecule has 0 radical (unpaired) electrons. The number of azide groups is 1. The lowest BCUT2D eigenvalue weighted by atomic mass is 9.93. The van der Waals surface area contributed by atoms with E-state index in [1.807, 2.05) is 13.8 Å². The van der Waals surface area contributed by atoms with E-state index in [-0.39, 0.29) is 36.2 Å². The monoisotopic (exact) mass is 611 g/mol. The van der Waals surface area contributed by atoms with E-state index in [9.17, 15) is 15.1 Å². The molecule has 1 amide bonds. The van der Waals surface area contributed by atoms with Gasteiger partial charge < -0.3 is 18.8 Å². The summed E-state index contributed by atoms with van der Waals surface area (Å²) in [4.78, 5) is 35.7. The van der Waals surface area contributed by atoms with Crippen LogP contribution in [0.4, 0.5) is 0 Å². The van der Waals surface area contributed by atoms with E-state index in [4.69, 9.17) is 13.9 Å². The summed E-state index contributed by atoms with van der Waals surface area (Å²) in [5, 5.41) is 6.34. The number of ether oxygens (including phenoxy) is 2. The third-order valence-electron chi connectivity index (χ3n) is 8.16. The SMILES string of the molecule is CCCCCOCN(C(=O)[C@@H](N=[N+]=[N-])C(C)CC)[C@H](C[C@H](O[Si](CC)(CC)CC)c1nc(C(=O)OC)cs1)C(C)C. The maximum Gasteiger partial charge on any atom is 0.357 e. The predicted molar refractivity (Wildman–Crippen MR) is 167 cm³/mol. The van der Waals surface area contributed by atoms with Crippen LogP contribution in [0.3, 0.4) is 0 Å². The summed E-state index contributed by atoms with van der Waals surface area (Å²) in [5.74, 6) is -0.791. The highest BCUT2D eigenvalue weighted by Crippen LogP contribution is 2.36. The maximum absolute atomic E-state index is 14.1. The number of hydrogen-bond acceptors (Lipinski definition) is 8. The molecule has 234 valence electrons. The second-order valence-electron chi connectivity index (χ2n) is 11.0. The summed E-state index contributed by atoms with van der Waals surface area (Å²) >= 11 is 1.38. The normalized spacial score (nSPS) is 14.7. The molecule has 12 heteroatoms. The summed E-state index contributed by atoms with van der Waals surface area (Å²) in [6.45, 7) is 17.4. The Kier molecular flexibility index (Phi) is 17.4. The van der Waals surface area contributed by atoms with Crippen molar-refractivity contribution >= 4 is 31.5 Å². The Hall–Kier alpha value is -1.98. The lowest BCUT2D eigenvalue weighted by Crippen LogP contribution is -2.51. The van der Waals surface area contributed by atoms with Crippen LogP contribution < -0.4 is 0 Å². The Labute approximate surface area is 252 Å². The minimum atomic E-state index is -2.10. The van der Waals surface area contributed by atoms with Gasteiger partial charge in [0.1, 0.15) is 17.8 Å². The fraction of sp³-hybridized carbons (Fsp3) is 0.828. The number of aromatic nitrogens is 1. The summed E-state index contributed by atoms with van der Waals surface area (Å²) < 4.78 is 18.0. The van der Waals surface area contributed by atoms with Crippen molar-refractivity contribution in [3.05, 3.63) is 26.5 Å². The topological polar surface area (TPSA) is 127 Å². The van der Waals surface area contributed by atoms with E-state index >= 15 is 0 Å². The van der Waals surface area contributed by atoms with Crippen molar-refractivity contribution in [3.63, 3.8) is 0 Å². The number of hydrogen-bond donors (Lipinski definition) is 0. The van der Waals surface area contributed by atoms with E-state index in [1.165, 1.54) is 18.4 Å². The fourth-order valence-electron chi connectivity index (χ4n) is 4.91. The van der Waals surface area contributed by atoms with Crippen molar-refractivity contribution < 1.29 is 23.5 Å². The van der Waals surface area contributed by atoms with Crippen LogP contribution in [0.2, 0.25) is 18.1 Å². The molecule has 4 atom stereocenters. The molecule has 0 N–H and O–H groups in total. The first-order valence-electron chi connectivity index (χ1n) is 15.2. The molecule has 1 unspecified atom stereocenters. The summed E-state index contributed by atoms with van der Waals surface area (Å²) in [6, 6.07) is 1.75. The number of amides is 1. The lowest BCUT2D eigenvalue weighted by molar-refractivity contribution is -0.145. The van der Waals surface area contributed by atoms with E-state index < -0.39 is 26.4 Å². The van der Waals surface area contributed by atoms with Gasteiger partial charge in [0, 0.05) is 22.9 Å². The van der Waals surface area contributed by atoms with Crippen LogP contribution in [0.15, 0.2) is 10.5 Å². The van der Waals surface area contributed by atoms with Gasteiger partial charge in [-0.3, -0.25) is 4.79 Å². The molecule has 0 aliphatic heterocycles. The minimum absolute atomic E-state index is 0.0499. The molecule has 0 saturated carbocycles. The molecule has 0 bridgehead atoms. The lowest BCUT2D eigenvalue weighted by Gasteiger charge is -2.40. The van der Waals surface area contributed by atoms with Crippen LogP contribution in [0.1, 0.15) is 109 Å². The second-order valence-corrected chi connectivity index (χ2v) is 16.7. The second kappa shape index (κ2) is 19.3. The molecule has 0 aliphatic carbocycles. The van der Waals surface area contributed by atoms with Crippen LogP contribution in [0.25, 0.3) is 10.4 Å². The Bertz CT molecular complexity index is 959.